The Bertz CT molecular complexity index is 445. The van der Waals surface area contributed by atoms with Gasteiger partial charge in [-0.05, 0) is 68.7 Å². The predicted molar refractivity (Wildman–Crippen MR) is 79.1 cm³/mol. The summed E-state index contributed by atoms with van der Waals surface area (Å²) in [6, 6.07) is 6.35. The van der Waals surface area contributed by atoms with Crippen molar-refractivity contribution in [2.24, 2.45) is 17.6 Å². The van der Waals surface area contributed by atoms with E-state index in [1.807, 2.05) is 0 Å². The van der Waals surface area contributed by atoms with Crippen molar-refractivity contribution in [1.82, 2.24) is 0 Å². The van der Waals surface area contributed by atoms with Crippen LogP contribution in [0.1, 0.15) is 42.4 Å². The summed E-state index contributed by atoms with van der Waals surface area (Å²) in [6.45, 7) is 4.99. The number of benzene rings is 1. The van der Waals surface area contributed by atoms with Crippen molar-refractivity contribution in [3.63, 3.8) is 0 Å². The lowest BCUT2D eigenvalue weighted by atomic mass is 9.79. The molecule has 1 saturated carbocycles. The molecule has 2 heteroatoms. The number of rotatable bonds is 4. The molecule has 1 aliphatic rings. The van der Waals surface area contributed by atoms with Gasteiger partial charge in [0, 0.05) is 12.3 Å². The second-order valence-corrected chi connectivity index (χ2v) is 6.02. The van der Waals surface area contributed by atoms with E-state index < -0.39 is 0 Å². The Morgan fingerprint density at radius 2 is 1.84 bits per heavy atom. The van der Waals surface area contributed by atoms with Crippen molar-refractivity contribution in [2.75, 3.05) is 6.54 Å². The van der Waals surface area contributed by atoms with Gasteiger partial charge in [-0.2, -0.15) is 0 Å². The van der Waals surface area contributed by atoms with Gasteiger partial charge >= 0.3 is 0 Å². The summed E-state index contributed by atoms with van der Waals surface area (Å²) in [4.78, 5) is 12.3. The van der Waals surface area contributed by atoms with Crippen molar-refractivity contribution >= 4 is 5.78 Å². The quantitative estimate of drug-likeness (QED) is 0.902. The average molecular weight is 259 g/mol. The zero-order chi connectivity index (χ0) is 13.8. The average Bonchev–Trinajstić information content (AvgIpc) is 2.43. The van der Waals surface area contributed by atoms with Crippen LogP contribution >= 0.6 is 0 Å². The van der Waals surface area contributed by atoms with Gasteiger partial charge in [-0.25, -0.2) is 0 Å². The van der Waals surface area contributed by atoms with Crippen LogP contribution in [-0.2, 0) is 11.2 Å². The molecule has 0 atom stereocenters. The minimum Gasteiger partial charge on any atom is -0.330 e. The Labute approximate surface area is 116 Å². The van der Waals surface area contributed by atoms with Gasteiger partial charge in [-0.1, -0.05) is 18.2 Å². The van der Waals surface area contributed by atoms with Crippen molar-refractivity contribution < 1.29 is 4.79 Å². The molecule has 0 aromatic heterocycles. The van der Waals surface area contributed by atoms with Gasteiger partial charge in [-0.3, -0.25) is 4.79 Å². The molecular formula is C17H25NO. The Balaban J connectivity index is 1.92. The van der Waals surface area contributed by atoms with Crippen LogP contribution in [-0.4, -0.2) is 12.3 Å². The highest BCUT2D eigenvalue weighted by atomic mass is 16.1. The van der Waals surface area contributed by atoms with Crippen LogP contribution in [0.15, 0.2) is 18.2 Å². The van der Waals surface area contributed by atoms with Crippen molar-refractivity contribution in [3.05, 3.63) is 34.9 Å². The molecule has 104 valence electrons. The van der Waals surface area contributed by atoms with E-state index in [4.69, 9.17) is 5.73 Å². The van der Waals surface area contributed by atoms with Crippen LogP contribution in [0.4, 0.5) is 0 Å². The van der Waals surface area contributed by atoms with Crippen LogP contribution in [0.3, 0.4) is 0 Å². The van der Waals surface area contributed by atoms with E-state index in [1.54, 1.807) is 0 Å². The third-order valence-electron chi connectivity index (χ3n) is 4.59. The largest absolute Gasteiger partial charge is 0.330 e. The van der Waals surface area contributed by atoms with Crippen LogP contribution in [0.25, 0.3) is 0 Å². The molecule has 2 nitrogen and oxygen atoms in total. The first-order valence-electron chi connectivity index (χ1n) is 7.39. The van der Waals surface area contributed by atoms with Crippen LogP contribution in [0.5, 0.6) is 0 Å². The Morgan fingerprint density at radius 3 is 2.42 bits per heavy atom. The van der Waals surface area contributed by atoms with E-state index in [1.165, 1.54) is 11.1 Å². The molecule has 0 heterocycles. The molecule has 1 aromatic carbocycles. The molecule has 0 bridgehead atoms. The lowest BCUT2D eigenvalue weighted by molar-refractivity contribution is -0.123. The van der Waals surface area contributed by atoms with E-state index in [2.05, 4.69) is 32.0 Å². The molecule has 0 amide bonds. The number of Topliss-reactive ketones (excluding diaryl/α,β-unsaturated/α-hetero) is 1. The monoisotopic (exact) mass is 259 g/mol. The second kappa shape index (κ2) is 6.33. The van der Waals surface area contributed by atoms with Gasteiger partial charge in [0.2, 0.25) is 0 Å². The molecule has 2 rings (SSSR count). The lowest BCUT2D eigenvalue weighted by Crippen LogP contribution is -2.26. The summed E-state index contributed by atoms with van der Waals surface area (Å²) >= 11 is 0. The van der Waals surface area contributed by atoms with Gasteiger partial charge < -0.3 is 5.73 Å². The zero-order valence-corrected chi connectivity index (χ0v) is 12.1. The fourth-order valence-electron chi connectivity index (χ4n) is 2.98. The van der Waals surface area contributed by atoms with Crippen LogP contribution < -0.4 is 5.73 Å². The Kier molecular flexibility index (Phi) is 4.76. The maximum Gasteiger partial charge on any atom is 0.140 e. The number of carbonyl (C=O) groups excluding carboxylic acids is 1. The number of aryl methyl sites for hydroxylation is 2. The third kappa shape index (κ3) is 3.66. The summed E-state index contributed by atoms with van der Waals surface area (Å²) in [5.74, 6) is 1.33. The van der Waals surface area contributed by atoms with E-state index in [9.17, 15) is 4.79 Å². The molecule has 0 unspecified atom stereocenters. The first-order chi connectivity index (χ1) is 9.10. The molecule has 2 N–H and O–H groups in total. The maximum absolute atomic E-state index is 12.3. The summed E-state index contributed by atoms with van der Waals surface area (Å²) in [7, 11) is 0. The summed E-state index contributed by atoms with van der Waals surface area (Å²) in [5, 5.41) is 0. The van der Waals surface area contributed by atoms with Crippen molar-refractivity contribution in [2.45, 2.75) is 46.0 Å². The van der Waals surface area contributed by atoms with Crippen molar-refractivity contribution in [3.8, 4) is 0 Å². The number of hydrogen-bond acceptors (Lipinski definition) is 2. The van der Waals surface area contributed by atoms with E-state index in [0.29, 0.717) is 18.1 Å². The number of nitrogens with two attached hydrogens (primary N) is 1. The molecular weight excluding hydrogens is 234 g/mol. The number of carbonyl (C=O) groups is 1. The van der Waals surface area contributed by atoms with Gasteiger partial charge in [0.25, 0.3) is 0 Å². The smallest absolute Gasteiger partial charge is 0.140 e. The summed E-state index contributed by atoms with van der Waals surface area (Å²) < 4.78 is 0. The molecule has 1 fully saturated rings. The second-order valence-electron chi connectivity index (χ2n) is 6.02. The molecule has 1 aliphatic carbocycles. The van der Waals surface area contributed by atoms with E-state index in [0.717, 1.165) is 37.8 Å². The first-order valence-corrected chi connectivity index (χ1v) is 7.39. The Hall–Kier alpha value is -1.15. The van der Waals surface area contributed by atoms with E-state index >= 15 is 0 Å². The molecule has 19 heavy (non-hydrogen) atoms. The maximum atomic E-state index is 12.3. The molecule has 0 saturated heterocycles. The fraction of sp³-hybridized carbons (Fsp3) is 0.588. The summed E-state index contributed by atoms with van der Waals surface area (Å²) in [5.41, 5.74) is 9.42. The molecule has 0 aliphatic heterocycles. The number of ketones is 1. The van der Waals surface area contributed by atoms with Crippen LogP contribution in [0, 0.1) is 25.7 Å². The fourth-order valence-corrected chi connectivity index (χ4v) is 2.98. The van der Waals surface area contributed by atoms with Crippen LogP contribution in [0.2, 0.25) is 0 Å². The molecule has 1 aromatic rings. The minimum atomic E-state index is 0.268. The minimum absolute atomic E-state index is 0.268. The van der Waals surface area contributed by atoms with Gasteiger partial charge in [0.1, 0.15) is 5.78 Å². The standard InChI is InChI=1S/C17H25NO/c1-12-3-4-15(9-13(12)2)10-17(19)16-7-5-14(11-18)6-8-16/h3-4,9,14,16H,5-8,10-11,18H2,1-2H3. The zero-order valence-electron chi connectivity index (χ0n) is 12.1. The molecule has 0 radical (unpaired) electrons. The normalized spacial score (nSPS) is 23.3. The Morgan fingerprint density at radius 1 is 1.16 bits per heavy atom. The highest BCUT2D eigenvalue weighted by Gasteiger charge is 2.25. The van der Waals surface area contributed by atoms with Crippen molar-refractivity contribution in [1.29, 1.82) is 0 Å². The van der Waals surface area contributed by atoms with Gasteiger partial charge in [-0.15, -0.1) is 0 Å². The highest BCUT2D eigenvalue weighted by Crippen LogP contribution is 2.29. The first kappa shape index (κ1) is 14.3. The van der Waals surface area contributed by atoms with E-state index in [-0.39, 0.29) is 5.92 Å². The SMILES string of the molecule is Cc1ccc(CC(=O)C2CCC(CN)CC2)cc1C. The van der Waals surface area contributed by atoms with Gasteiger partial charge in [0.15, 0.2) is 0 Å². The summed E-state index contributed by atoms with van der Waals surface area (Å²) in [6.07, 6.45) is 4.91. The highest BCUT2D eigenvalue weighted by molar-refractivity contribution is 5.83. The number of hydrogen-bond donors (Lipinski definition) is 1. The third-order valence-corrected chi connectivity index (χ3v) is 4.59. The molecule has 0 spiro atoms. The van der Waals surface area contributed by atoms with Gasteiger partial charge in [0.05, 0.1) is 0 Å². The lowest BCUT2D eigenvalue weighted by Gasteiger charge is -2.26. The predicted octanol–water partition coefficient (Wildman–Crippen LogP) is 3.18. The topological polar surface area (TPSA) is 43.1 Å².